The van der Waals surface area contributed by atoms with Gasteiger partial charge in [-0.05, 0) is 35.7 Å². The topological polar surface area (TPSA) is 95.7 Å². The van der Waals surface area contributed by atoms with E-state index >= 15 is 0 Å². The molecule has 1 aromatic heterocycles. The van der Waals surface area contributed by atoms with Gasteiger partial charge in [0.05, 0.1) is 18.2 Å². The summed E-state index contributed by atoms with van der Waals surface area (Å²) in [4.78, 5) is 28.6. The van der Waals surface area contributed by atoms with Gasteiger partial charge in [0.2, 0.25) is 11.8 Å². The van der Waals surface area contributed by atoms with Crippen molar-refractivity contribution in [3.8, 4) is 10.4 Å². The zero-order valence-electron chi connectivity index (χ0n) is 18.8. The fraction of sp³-hybridized carbons (Fsp3) is 0.522. The van der Waals surface area contributed by atoms with Crippen LogP contribution in [-0.2, 0) is 9.59 Å². The summed E-state index contributed by atoms with van der Waals surface area (Å²) in [5.41, 5.74) is 7.88. The zero-order valence-corrected chi connectivity index (χ0v) is 20.5. The third-order valence-corrected chi connectivity index (χ3v) is 8.22. The SMILES string of the molecule is Cc1pcsc1-c1ccc([C@H](C)NC(=O)[C@@H]2C[C@@H](O)CN2C(=O)[C@@H](N)C(C)(C)C)cc1. The number of hydrogen-bond donors (Lipinski definition) is 3. The first-order chi connectivity index (χ1) is 14.5. The lowest BCUT2D eigenvalue weighted by molar-refractivity contribution is -0.141. The number of amides is 2. The first-order valence-corrected chi connectivity index (χ1v) is 12.4. The lowest BCUT2D eigenvalue weighted by Gasteiger charge is -2.32. The van der Waals surface area contributed by atoms with E-state index < -0.39 is 23.6 Å². The highest BCUT2D eigenvalue weighted by Gasteiger charge is 2.42. The van der Waals surface area contributed by atoms with Gasteiger partial charge in [-0.1, -0.05) is 53.2 Å². The molecule has 0 spiro atoms. The molecule has 0 unspecified atom stereocenters. The third-order valence-electron chi connectivity index (χ3n) is 5.84. The standard InChI is InChI=1S/C23H32N3O3PS/c1-13(15-6-8-16(9-7-15)19-14(2)30-12-31-19)25-21(28)18-10-17(27)11-26(18)22(29)20(24)23(3,4)5/h6-9,12-13,17-18,20,27H,10-11,24H2,1-5H3,(H,25,28)/t13-,17+,18-,20+/m0/s1. The van der Waals surface area contributed by atoms with Crippen molar-refractivity contribution in [2.24, 2.45) is 11.1 Å². The predicted molar refractivity (Wildman–Crippen MR) is 127 cm³/mol. The molecular weight excluding hydrogens is 429 g/mol. The summed E-state index contributed by atoms with van der Waals surface area (Å²) >= 11 is 1.75. The molecule has 0 radical (unpaired) electrons. The molecule has 0 aliphatic carbocycles. The number of nitrogens with one attached hydrogen (secondary N) is 1. The maximum Gasteiger partial charge on any atom is 0.243 e. The van der Waals surface area contributed by atoms with Crippen molar-refractivity contribution in [3.05, 3.63) is 40.2 Å². The second kappa shape index (κ2) is 9.37. The Morgan fingerprint density at radius 2 is 1.94 bits per heavy atom. The van der Waals surface area contributed by atoms with Gasteiger partial charge in [-0.2, -0.15) is 0 Å². The minimum absolute atomic E-state index is 0.131. The summed E-state index contributed by atoms with van der Waals surface area (Å²) in [6, 6.07) is 6.54. The average Bonchev–Trinajstić information content (AvgIpc) is 3.31. The molecule has 1 fully saturated rings. The molecule has 1 saturated heterocycles. The number of carbonyl (C=O) groups excluding carboxylic acids is 2. The number of rotatable bonds is 5. The van der Waals surface area contributed by atoms with Gasteiger partial charge < -0.3 is 21.1 Å². The summed E-state index contributed by atoms with van der Waals surface area (Å²) in [5.74, 6) is -0.559. The Labute approximate surface area is 189 Å². The number of benzene rings is 1. The first kappa shape index (κ1) is 23.9. The van der Waals surface area contributed by atoms with Crippen LogP contribution in [0.5, 0.6) is 0 Å². The average molecular weight is 462 g/mol. The van der Waals surface area contributed by atoms with Gasteiger partial charge in [0, 0.05) is 23.0 Å². The highest BCUT2D eigenvalue weighted by atomic mass is 32.1. The van der Waals surface area contributed by atoms with E-state index in [4.69, 9.17) is 5.73 Å². The van der Waals surface area contributed by atoms with E-state index in [2.05, 4.69) is 29.5 Å². The maximum absolute atomic E-state index is 13.0. The maximum atomic E-state index is 13.0. The van der Waals surface area contributed by atoms with E-state index in [1.165, 1.54) is 28.8 Å². The van der Waals surface area contributed by atoms with E-state index in [0.29, 0.717) is 0 Å². The van der Waals surface area contributed by atoms with Gasteiger partial charge in [-0.3, -0.25) is 9.59 Å². The molecule has 3 rings (SSSR count). The fourth-order valence-electron chi connectivity index (χ4n) is 3.75. The van der Waals surface area contributed by atoms with Crippen LogP contribution in [0.1, 0.15) is 51.0 Å². The Morgan fingerprint density at radius 1 is 1.29 bits per heavy atom. The fourth-order valence-corrected chi connectivity index (χ4v) is 6.02. The van der Waals surface area contributed by atoms with Gasteiger partial charge in [-0.15, -0.1) is 11.3 Å². The largest absolute Gasteiger partial charge is 0.391 e. The van der Waals surface area contributed by atoms with Gasteiger partial charge in [-0.25, -0.2) is 0 Å². The highest BCUT2D eigenvalue weighted by Crippen LogP contribution is 2.35. The third kappa shape index (κ3) is 5.35. The van der Waals surface area contributed by atoms with Crippen LogP contribution in [0.4, 0.5) is 0 Å². The number of likely N-dealkylation sites (tertiary alicyclic amines) is 1. The molecule has 1 aliphatic rings. The quantitative estimate of drug-likeness (QED) is 0.631. The number of β-amino-alcohol motifs (C(OH)–C–C–N with tert-alkyl or cyclic N) is 1. The van der Waals surface area contributed by atoms with E-state index in [0.717, 1.165) is 5.56 Å². The second-order valence-corrected chi connectivity index (χ2v) is 11.8. The number of carbonyl (C=O) groups is 2. The van der Waals surface area contributed by atoms with Crippen molar-refractivity contribution >= 4 is 31.3 Å². The molecule has 4 N–H and O–H groups in total. The molecular formula is C23H32N3O3PS. The van der Waals surface area contributed by atoms with Crippen LogP contribution in [0.2, 0.25) is 0 Å². The van der Waals surface area contributed by atoms with Gasteiger partial charge in [0.1, 0.15) is 6.04 Å². The van der Waals surface area contributed by atoms with E-state index in [-0.39, 0.29) is 30.8 Å². The molecule has 8 heteroatoms. The molecule has 0 bridgehead atoms. The van der Waals surface area contributed by atoms with Crippen LogP contribution in [0.25, 0.3) is 10.4 Å². The number of aryl methyl sites for hydroxylation is 1. The number of nitrogens with two attached hydrogens (primary N) is 1. The minimum Gasteiger partial charge on any atom is -0.391 e. The normalized spacial score (nSPS) is 21.3. The highest BCUT2D eigenvalue weighted by molar-refractivity contribution is 7.41. The van der Waals surface area contributed by atoms with Crippen LogP contribution in [0.15, 0.2) is 29.4 Å². The summed E-state index contributed by atoms with van der Waals surface area (Å²) < 4.78 is 0. The molecule has 2 aromatic rings. The molecule has 168 valence electrons. The Kier molecular flexibility index (Phi) is 7.21. The Morgan fingerprint density at radius 3 is 2.48 bits per heavy atom. The van der Waals surface area contributed by atoms with Gasteiger partial charge in [0.25, 0.3) is 0 Å². The Bertz CT molecular complexity index is 938. The van der Waals surface area contributed by atoms with Gasteiger partial charge in [0.15, 0.2) is 0 Å². The number of aliphatic hydroxyl groups excluding tert-OH is 1. The molecule has 31 heavy (non-hydrogen) atoms. The van der Waals surface area contributed by atoms with Crippen molar-refractivity contribution in [3.63, 3.8) is 0 Å². The zero-order chi connectivity index (χ0) is 22.9. The van der Waals surface area contributed by atoms with Gasteiger partial charge >= 0.3 is 0 Å². The van der Waals surface area contributed by atoms with Crippen LogP contribution < -0.4 is 11.1 Å². The van der Waals surface area contributed by atoms with Crippen LogP contribution in [-0.4, -0.2) is 46.6 Å². The van der Waals surface area contributed by atoms with E-state index in [9.17, 15) is 14.7 Å². The van der Waals surface area contributed by atoms with Crippen molar-refractivity contribution in [1.82, 2.24) is 10.2 Å². The molecule has 6 nitrogen and oxygen atoms in total. The number of aliphatic hydroxyl groups is 1. The predicted octanol–water partition coefficient (Wildman–Crippen LogP) is 3.82. The minimum atomic E-state index is -0.735. The van der Waals surface area contributed by atoms with Crippen molar-refractivity contribution in [2.75, 3.05) is 6.54 Å². The summed E-state index contributed by atoms with van der Waals surface area (Å²) in [6.45, 7) is 9.86. The summed E-state index contributed by atoms with van der Waals surface area (Å²) in [5, 5.41) is 16.7. The first-order valence-electron chi connectivity index (χ1n) is 10.5. The molecule has 2 amide bonds. The lowest BCUT2D eigenvalue weighted by atomic mass is 9.86. The van der Waals surface area contributed by atoms with Crippen LogP contribution >= 0.6 is 19.5 Å². The number of nitrogens with zero attached hydrogens (tertiary/aromatic N) is 1. The van der Waals surface area contributed by atoms with E-state index in [1.807, 2.05) is 39.8 Å². The second-order valence-electron chi connectivity index (χ2n) is 9.36. The molecule has 0 saturated carbocycles. The molecule has 1 aromatic carbocycles. The van der Waals surface area contributed by atoms with Crippen molar-refractivity contribution in [2.45, 2.75) is 65.3 Å². The monoisotopic (exact) mass is 461 g/mol. The molecule has 2 heterocycles. The van der Waals surface area contributed by atoms with Crippen molar-refractivity contribution in [1.29, 1.82) is 0 Å². The smallest absolute Gasteiger partial charge is 0.243 e. The van der Waals surface area contributed by atoms with E-state index in [1.54, 1.807) is 11.3 Å². The Hall–Kier alpha value is -1.79. The van der Waals surface area contributed by atoms with Crippen LogP contribution in [0.3, 0.4) is 0 Å². The summed E-state index contributed by atoms with van der Waals surface area (Å²) in [6.07, 6.45) is -0.501. The van der Waals surface area contributed by atoms with Crippen molar-refractivity contribution < 1.29 is 14.7 Å². The number of hydrogen-bond acceptors (Lipinski definition) is 5. The molecule has 4 atom stereocenters. The lowest BCUT2D eigenvalue weighted by Crippen LogP contribution is -2.55. The summed E-state index contributed by atoms with van der Waals surface area (Å²) in [7, 11) is 1.25. The Balaban J connectivity index is 1.69. The van der Waals surface area contributed by atoms with Crippen LogP contribution in [0, 0.1) is 12.3 Å². The molecule has 1 aliphatic heterocycles.